The van der Waals surface area contributed by atoms with Crippen LogP contribution in [0.25, 0.3) is 0 Å². The minimum absolute atomic E-state index is 0.106. The lowest BCUT2D eigenvalue weighted by molar-refractivity contribution is -0.161. The van der Waals surface area contributed by atoms with Crippen LogP contribution in [0.15, 0.2) is 0 Å². The fourth-order valence-corrected chi connectivity index (χ4v) is 13.2. The molecule has 0 rings (SSSR count). The first kappa shape index (κ1) is 92.1. The molecule has 0 aromatic rings. The van der Waals surface area contributed by atoms with E-state index in [1.165, 1.54) is 231 Å². The molecule has 5 atom stereocenters. The van der Waals surface area contributed by atoms with E-state index in [2.05, 4.69) is 27.7 Å². The van der Waals surface area contributed by atoms with Gasteiger partial charge in [0.1, 0.15) is 19.3 Å². The van der Waals surface area contributed by atoms with E-state index in [1.54, 1.807) is 0 Å². The van der Waals surface area contributed by atoms with Crippen molar-refractivity contribution in [1.82, 2.24) is 0 Å². The molecule has 0 aliphatic carbocycles. The van der Waals surface area contributed by atoms with Gasteiger partial charge in [0.2, 0.25) is 0 Å². The Morgan fingerprint density at radius 2 is 0.426 bits per heavy atom. The van der Waals surface area contributed by atoms with Crippen LogP contribution in [0.4, 0.5) is 0 Å². The van der Waals surface area contributed by atoms with Crippen molar-refractivity contribution in [2.75, 3.05) is 39.6 Å². The van der Waals surface area contributed by atoms with Gasteiger partial charge in [-0.3, -0.25) is 37.3 Å². The summed E-state index contributed by atoms with van der Waals surface area (Å²) in [5, 5.41) is 10.6. The zero-order chi connectivity index (χ0) is 69.0. The number of aliphatic hydroxyl groups excluding tert-OH is 1. The van der Waals surface area contributed by atoms with Crippen LogP contribution < -0.4 is 0 Å². The molecule has 17 nitrogen and oxygen atoms in total. The first-order chi connectivity index (χ1) is 45.7. The molecule has 3 N–H and O–H groups in total. The number of carbonyl (C=O) groups excluding carboxylic acids is 4. The van der Waals surface area contributed by atoms with Crippen molar-refractivity contribution in [3.8, 4) is 0 Å². The lowest BCUT2D eigenvalue weighted by Gasteiger charge is -2.21. The number of hydrogen-bond acceptors (Lipinski definition) is 15. The number of esters is 4. The first-order valence-corrected chi connectivity index (χ1v) is 42.3. The predicted octanol–water partition coefficient (Wildman–Crippen LogP) is 22.2. The summed E-state index contributed by atoms with van der Waals surface area (Å²) < 4.78 is 68.4. The fourth-order valence-electron chi connectivity index (χ4n) is 11.6. The van der Waals surface area contributed by atoms with Gasteiger partial charge in [-0.1, -0.05) is 349 Å². The van der Waals surface area contributed by atoms with Crippen molar-refractivity contribution in [2.24, 2.45) is 0 Å². The molecule has 0 saturated carbocycles. The second kappa shape index (κ2) is 69.5. The quantitative estimate of drug-likeness (QED) is 0.0222. The van der Waals surface area contributed by atoms with Gasteiger partial charge in [0.05, 0.1) is 26.4 Å². The Bertz CT molecular complexity index is 1790. The molecule has 0 bridgehead atoms. The monoisotopic (exact) mass is 1380 g/mol. The van der Waals surface area contributed by atoms with Crippen molar-refractivity contribution in [3.05, 3.63) is 0 Å². The third kappa shape index (κ3) is 68.6. The number of unbranched alkanes of at least 4 members (excludes halogenated alkanes) is 50. The van der Waals surface area contributed by atoms with Gasteiger partial charge in [-0.15, -0.1) is 0 Å². The molecule has 0 spiro atoms. The summed E-state index contributed by atoms with van der Waals surface area (Å²) in [4.78, 5) is 72.6. The molecule has 0 heterocycles. The van der Waals surface area contributed by atoms with Crippen molar-refractivity contribution < 1.29 is 80.2 Å². The fraction of sp³-hybridized carbons (Fsp3) is 0.947. The maximum Gasteiger partial charge on any atom is 0.472 e. The minimum Gasteiger partial charge on any atom is -0.462 e. The molecule has 0 aliphatic heterocycles. The molecule has 0 radical (unpaired) electrons. The third-order valence-electron chi connectivity index (χ3n) is 17.6. The Hall–Kier alpha value is -1.94. The molecule has 94 heavy (non-hydrogen) atoms. The maximum absolute atomic E-state index is 13.1. The van der Waals surface area contributed by atoms with Gasteiger partial charge in [0, 0.05) is 25.7 Å². The smallest absolute Gasteiger partial charge is 0.462 e. The number of phosphoric acid groups is 2. The average molecular weight is 1380 g/mol. The highest BCUT2D eigenvalue weighted by Gasteiger charge is 2.30. The summed E-state index contributed by atoms with van der Waals surface area (Å²) in [6, 6.07) is 0. The number of rotatable bonds is 76. The molecule has 0 amide bonds. The molecule has 2 unspecified atom stereocenters. The Kier molecular flexibility index (Phi) is 68.1. The minimum atomic E-state index is -4.95. The van der Waals surface area contributed by atoms with Crippen molar-refractivity contribution in [3.63, 3.8) is 0 Å². The summed E-state index contributed by atoms with van der Waals surface area (Å²) in [5.74, 6) is -2.12. The van der Waals surface area contributed by atoms with Crippen molar-refractivity contribution >= 4 is 39.5 Å². The Labute approximate surface area is 575 Å². The van der Waals surface area contributed by atoms with E-state index >= 15 is 0 Å². The molecule has 0 fully saturated rings. The zero-order valence-electron chi connectivity index (χ0n) is 60.9. The van der Waals surface area contributed by atoms with Crippen LogP contribution in [0, 0.1) is 0 Å². The molecular weight excluding hydrogens is 1230 g/mol. The van der Waals surface area contributed by atoms with Gasteiger partial charge < -0.3 is 33.8 Å². The highest BCUT2D eigenvalue weighted by atomic mass is 31.2. The van der Waals surface area contributed by atoms with Crippen LogP contribution in [0.5, 0.6) is 0 Å². The number of ether oxygens (including phenoxy) is 4. The average Bonchev–Trinajstić information content (AvgIpc) is 2.66. The van der Waals surface area contributed by atoms with Gasteiger partial charge in [0.25, 0.3) is 0 Å². The zero-order valence-corrected chi connectivity index (χ0v) is 62.7. The number of phosphoric ester groups is 2. The van der Waals surface area contributed by atoms with Crippen LogP contribution >= 0.6 is 15.6 Å². The molecular formula is C75H146O17P2. The molecule has 0 aromatic carbocycles. The van der Waals surface area contributed by atoms with E-state index in [9.17, 15) is 43.2 Å². The van der Waals surface area contributed by atoms with Gasteiger partial charge in [-0.05, 0) is 25.7 Å². The first-order valence-electron chi connectivity index (χ1n) is 39.3. The molecule has 0 aromatic heterocycles. The highest BCUT2D eigenvalue weighted by molar-refractivity contribution is 7.47. The van der Waals surface area contributed by atoms with Crippen LogP contribution in [0.3, 0.4) is 0 Å². The molecule has 19 heteroatoms. The lowest BCUT2D eigenvalue weighted by Crippen LogP contribution is -2.30. The second-order valence-corrected chi connectivity index (χ2v) is 29.9. The van der Waals surface area contributed by atoms with E-state index in [4.69, 9.17) is 37.0 Å². The van der Waals surface area contributed by atoms with Crippen molar-refractivity contribution in [1.29, 1.82) is 0 Å². The highest BCUT2D eigenvalue weighted by Crippen LogP contribution is 2.45. The van der Waals surface area contributed by atoms with Crippen LogP contribution in [-0.2, 0) is 65.4 Å². The van der Waals surface area contributed by atoms with Gasteiger partial charge in [0.15, 0.2) is 12.2 Å². The second-order valence-electron chi connectivity index (χ2n) is 27.0. The van der Waals surface area contributed by atoms with E-state index < -0.39 is 97.5 Å². The van der Waals surface area contributed by atoms with E-state index in [0.29, 0.717) is 25.7 Å². The Balaban J connectivity index is 5.17. The maximum atomic E-state index is 13.1. The Morgan fingerprint density at radius 3 is 0.628 bits per heavy atom. The molecule has 558 valence electrons. The number of carbonyl (C=O) groups is 4. The van der Waals surface area contributed by atoms with Crippen LogP contribution in [0.2, 0.25) is 0 Å². The van der Waals surface area contributed by atoms with Gasteiger partial charge in [-0.2, -0.15) is 0 Å². The van der Waals surface area contributed by atoms with Crippen molar-refractivity contribution in [2.45, 2.75) is 418 Å². The topological polar surface area (TPSA) is 237 Å². The summed E-state index contributed by atoms with van der Waals surface area (Å²) in [6.07, 6.45) is 59.8. The third-order valence-corrected chi connectivity index (χ3v) is 19.5. The van der Waals surface area contributed by atoms with Gasteiger partial charge in [-0.25, -0.2) is 9.13 Å². The lowest BCUT2D eigenvalue weighted by atomic mass is 10.0. The summed E-state index contributed by atoms with van der Waals surface area (Å²) >= 11 is 0. The van der Waals surface area contributed by atoms with Crippen LogP contribution in [0.1, 0.15) is 400 Å². The number of aliphatic hydroxyl groups is 1. The SMILES string of the molecule is CCCCCCCCCCCCCCCCCCCCCCC(=O)O[C@H](COC(=O)CCCCCCCCCCCCCCCCCC)COP(=O)(O)OC[C@@H](O)COP(=O)(O)OC[C@@H](COC(=O)CCCCCCCCCCC)OC(=O)CCCCCCCCCCC. The summed E-state index contributed by atoms with van der Waals surface area (Å²) in [6.45, 7) is 4.95. The van der Waals surface area contributed by atoms with Crippen LogP contribution in [-0.4, -0.2) is 96.7 Å². The van der Waals surface area contributed by atoms with E-state index in [0.717, 1.165) is 89.9 Å². The van der Waals surface area contributed by atoms with E-state index in [1.807, 2.05) is 0 Å². The number of hydrogen-bond donors (Lipinski definition) is 3. The predicted molar refractivity (Wildman–Crippen MR) is 382 cm³/mol. The molecule has 0 aliphatic rings. The summed E-state index contributed by atoms with van der Waals surface area (Å²) in [7, 11) is -9.90. The Morgan fingerprint density at radius 1 is 0.255 bits per heavy atom. The largest absolute Gasteiger partial charge is 0.472 e. The van der Waals surface area contributed by atoms with E-state index in [-0.39, 0.29) is 25.7 Å². The normalized spacial score (nSPS) is 13.9. The standard InChI is InChI=1S/C75H146O17P2/c1-5-9-13-17-21-25-27-29-31-33-34-35-36-38-40-42-46-50-54-58-62-75(80)92-71(66-86-73(78)60-56-52-48-45-41-39-37-32-30-28-26-22-18-14-10-6-2)68-90-94(83,84)88-64-69(76)63-87-93(81,82)89-67-70(91-74(79)61-57-53-49-44-24-20-16-12-8-4)65-85-72(77)59-55-51-47-43-23-19-15-11-7-3/h69-71,76H,5-68H2,1-4H3,(H,81,82)(H,83,84)/t69-,70+,71+/m0/s1. The molecule has 0 saturated heterocycles. The summed E-state index contributed by atoms with van der Waals surface area (Å²) in [5.41, 5.74) is 0. The van der Waals surface area contributed by atoms with Gasteiger partial charge >= 0.3 is 39.5 Å².